The zero-order chi connectivity index (χ0) is 31.0. The molecule has 0 saturated carbocycles. The van der Waals surface area contributed by atoms with Crippen LogP contribution in [0.2, 0.25) is 0 Å². The first-order valence-electron chi connectivity index (χ1n) is 15.6. The zero-order valence-electron chi connectivity index (χ0n) is 26.5. The molecule has 0 aromatic heterocycles. The number of esters is 1. The van der Waals surface area contributed by atoms with Gasteiger partial charge in [0.2, 0.25) is 0 Å². The van der Waals surface area contributed by atoms with Crippen LogP contribution in [0.5, 0.6) is 0 Å². The molecule has 0 fully saturated rings. The Labute approximate surface area is 259 Å². The summed E-state index contributed by atoms with van der Waals surface area (Å²) in [5.41, 5.74) is 4.86. The monoisotopic (exact) mass is 612 g/mol. The summed E-state index contributed by atoms with van der Waals surface area (Å²) in [5.74, 6) is -0.126. The van der Waals surface area contributed by atoms with Gasteiger partial charge in [-0.1, -0.05) is 55.5 Å². The van der Waals surface area contributed by atoms with E-state index in [1.54, 1.807) is 0 Å². The molecule has 2 unspecified atom stereocenters. The Hall–Kier alpha value is -2.37. The molecule has 0 spiro atoms. The summed E-state index contributed by atoms with van der Waals surface area (Å²) < 4.78 is 32.1. The largest absolute Gasteiger partial charge is 0.465 e. The molecule has 0 amide bonds. The number of rotatable bonds is 21. The van der Waals surface area contributed by atoms with Crippen LogP contribution >= 0.6 is 8.53 Å². The topological polar surface area (TPSA) is 90.3 Å². The second kappa shape index (κ2) is 19.1. The minimum Gasteiger partial charge on any atom is -0.465 e. The van der Waals surface area contributed by atoms with Crippen LogP contribution in [0.4, 0.5) is 0 Å². The number of hydrogen-bond acceptors (Lipinski definition) is 8. The van der Waals surface area contributed by atoms with E-state index in [-0.39, 0.29) is 29.9 Å². The van der Waals surface area contributed by atoms with Crippen LogP contribution in [-0.4, -0.2) is 69.0 Å². The maximum absolute atomic E-state index is 12.6. The number of nitrogens with zero attached hydrogens (tertiary/aromatic N) is 2. The highest BCUT2D eigenvalue weighted by atomic mass is 31.2. The highest BCUT2D eigenvalue weighted by Gasteiger charge is 2.30. The van der Waals surface area contributed by atoms with Gasteiger partial charge in [-0.3, -0.25) is 4.79 Å². The van der Waals surface area contributed by atoms with E-state index in [0.29, 0.717) is 65.5 Å². The third-order valence-corrected chi connectivity index (χ3v) is 9.26. The molecule has 0 saturated heterocycles. The Kier molecular flexibility index (Phi) is 15.6. The van der Waals surface area contributed by atoms with E-state index in [1.807, 2.05) is 24.3 Å². The minimum atomic E-state index is -1.33. The van der Waals surface area contributed by atoms with Crippen LogP contribution in [0.15, 0.2) is 48.5 Å². The number of ether oxygens (including phenoxy) is 3. The van der Waals surface area contributed by atoms with Gasteiger partial charge in [-0.15, -0.1) is 0 Å². The second-order valence-corrected chi connectivity index (χ2v) is 12.8. The summed E-state index contributed by atoms with van der Waals surface area (Å²) in [6.45, 7) is 13.8. The molecule has 236 valence electrons. The average molecular weight is 613 g/mol. The molecule has 0 heterocycles. The van der Waals surface area contributed by atoms with E-state index in [0.717, 1.165) is 6.42 Å². The lowest BCUT2D eigenvalue weighted by atomic mass is 9.98. The fourth-order valence-corrected chi connectivity index (χ4v) is 6.96. The van der Waals surface area contributed by atoms with Crippen molar-refractivity contribution in [3.63, 3.8) is 0 Å². The van der Waals surface area contributed by atoms with Crippen molar-refractivity contribution >= 4 is 14.5 Å². The van der Waals surface area contributed by atoms with Gasteiger partial charge in [0.15, 0.2) is 0 Å². The molecule has 9 heteroatoms. The first-order chi connectivity index (χ1) is 20.9. The van der Waals surface area contributed by atoms with E-state index >= 15 is 0 Å². The number of carbonyl (C=O) groups is 1. The molecule has 1 aliphatic carbocycles. The number of hydrogen-bond donors (Lipinski definition) is 0. The van der Waals surface area contributed by atoms with Crippen molar-refractivity contribution in [2.45, 2.75) is 78.3 Å². The lowest BCUT2D eigenvalue weighted by Crippen LogP contribution is -2.34. The number of benzene rings is 2. The molecule has 8 nitrogen and oxygen atoms in total. The molecule has 1 aliphatic rings. The quantitative estimate of drug-likeness (QED) is 0.0815. The molecule has 2 atom stereocenters. The Morgan fingerprint density at radius 3 is 2.07 bits per heavy atom. The summed E-state index contributed by atoms with van der Waals surface area (Å²) in [7, 11) is -1.33. The molecule has 0 bridgehead atoms. The third kappa shape index (κ3) is 10.9. The number of fused-ring (bicyclic) bond motifs is 3. The van der Waals surface area contributed by atoms with Crippen LogP contribution in [-0.2, 0) is 28.1 Å². The van der Waals surface area contributed by atoms with Crippen molar-refractivity contribution < 1.29 is 28.1 Å². The smallest absolute Gasteiger partial charge is 0.305 e. The van der Waals surface area contributed by atoms with Crippen LogP contribution in [0.3, 0.4) is 0 Å². The maximum atomic E-state index is 12.6. The second-order valence-electron chi connectivity index (χ2n) is 11.4. The Bertz CT molecular complexity index is 1100. The van der Waals surface area contributed by atoms with Gasteiger partial charge in [0.05, 0.1) is 38.9 Å². The molecule has 3 rings (SSSR count). The van der Waals surface area contributed by atoms with Crippen molar-refractivity contribution in [3.05, 3.63) is 59.7 Å². The molecule has 43 heavy (non-hydrogen) atoms. The van der Waals surface area contributed by atoms with E-state index in [9.17, 15) is 4.79 Å². The summed E-state index contributed by atoms with van der Waals surface area (Å²) in [5, 5.41) is 8.96. The first-order valence-corrected chi connectivity index (χ1v) is 16.7. The van der Waals surface area contributed by atoms with Crippen molar-refractivity contribution in [2.75, 3.05) is 46.2 Å². The summed E-state index contributed by atoms with van der Waals surface area (Å²) in [6, 6.07) is 19.3. The maximum Gasteiger partial charge on any atom is 0.305 e. The Morgan fingerprint density at radius 1 is 0.884 bits per heavy atom. The van der Waals surface area contributed by atoms with Gasteiger partial charge in [-0.25, -0.2) is 4.67 Å². The van der Waals surface area contributed by atoms with Crippen LogP contribution in [0, 0.1) is 17.2 Å². The first kappa shape index (κ1) is 35.1. The predicted octanol–water partition coefficient (Wildman–Crippen LogP) is 7.47. The van der Waals surface area contributed by atoms with Crippen molar-refractivity contribution in [3.8, 4) is 17.2 Å². The molecule has 0 aliphatic heterocycles. The van der Waals surface area contributed by atoms with Gasteiger partial charge in [0.25, 0.3) is 8.53 Å². The van der Waals surface area contributed by atoms with Gasteiger partial charge in [-0.05, 0) is 62.8 Å². The standard InChI is InChI=1S/C34H49N2O6P/c1-6-19-38-22-28(24-42-43(41-21-12-18-35)36(26(2)3)27(4)5)23-39-20-11-17-34(37)40-25-33-31-15-9-7-13-29(31)30-14-8-10-16-32(30)33/h7-10,13-16,26-28,33H,6,11-12,17,19-25H2,1-5H3. The van der Waals surface area contributed by atoms with Crippen molar-refractivity contribution in [1.82, 2.24) is 4.67 Å². The minimum absolute atomic E-state index is 0.0201. The third-order valence-electron chi connectivity index (χ3n) is 7.18. The van der Waals surface area contributed by atoms with Crippen molar-refractivity contribution in [1.29, 1.82) is 5.26 Å². The van der Waals surface area contributed by atoms with Gasteiger partial charge in [-0.2, -0.15) is 5.26 Å². The van der Waals surface area contributed by atoms with Crippen molar-refractivity contribution in [2.24, 2.45) is 5.92 Å². The lowest BCUT2D eigenvalue weighted by molar-refractivity contribution is -0.144. The average Bonchev–Trinajstić information content (AvgIpc) is 3.31. The van der Waals surface area contributed by atoms with Gasteiger partial charge < -0.3 is 23.3 Å². The van der Waals surface area contributed by atoms with E-state index in [2.05, 4.69) is 69.6 Å². The lowest BCUT2D eigenvalue weighted by Gasteiger charge is -2.36. The number of nitriles is 1. The summed E-state index contributed by atoms with van der Waals surface area (Å²) in [6.07, 6.45) is 2.15. The summed E-state index contributed by atoms with van der Waals surface area (Å²) >= 11 is 0. The van der Waals surface area contributed by atoms with Crippen LogP contribution in [0.1, 0.15) is 77.3 Å². The molecule has 0 radical (unpaired) electrons. The Morgan fingerprint density at radius 2 is 1.49 bits per heavy atom. The summed E-state index contributed by atoms with van der Waals surface area (Å²) in [4.78, 5) is 12.6. The van der Waals surface area contributed by atoms with Gasteiger partial charge in [0.1, 0.15) is 6.61 Å². The van der Waals surface area contributed by atoms with Gasteiger partial charge >= 0.3 is 5.97 Å². The number of carbonyl (C=O) groups excluding carboxylic acids is 1. The molecule has 0 N–H and O–H groups in total. The highest BCUT2D eigenvalue weighted by Crippen LogP contribution is 2.46. The molecular formula is C34H49N2O6P. The predicted molar refractivity (Wildman–Crippen MR) is 170 cm³/mol. The molecule has 2 aromatic rings. The molecular weight excluding hydrogens is 563 g/mol. The fraction of sp³-hybridized carbons (Fsp3) is 0.588. The normalized spacial score (nSPS) is 14.1. The van der Waals surface area contributed by atoms with Crippen LogP contribution < -0.4 is 0 Å². The van der Waals surface area contributed by atoms with E-state index in [4.69, 9.17) is 28.5 Å². The van der Waals surface area contributed by atoms with Crippen LogP contribution in [0.25, 0.3) is 11.1 Å². The highest BCUT2D eigenvalue weighted by molar-refractivity contribution is 7.44. The van der Waals surface area contributed by atoms with Gasteiger partial charge in [0, 0.05) is 43.6 Å². The zero-order valence-corrected chi connectivity index (χ0v) is 27.4. The van der Waals surface area contributed by atoms with E-state index < -0.39 is 8.53 Å². The van der Waals surface area contributed by atoms with E-state index in [1.165, 1.54) is 22.3 Å². The fourth-order valence-electron chi connectivity index (χ4n) is 5.28. The Balaban J connectivity index is 1.44. The SMILES string of the molecule is CCCOCC(COCCCC(=O)OCC1c2ccccc2-c2ccccc21)COP(OCCC#N)N(C(C)C)C(C)C. The molecule has 2 aromatic carbocycles.